The number of hydrogen-bond donors (Lipinski definition) is 3. The lowest BCUT2D eigenvalue weighted by atomic mass is 9.72. The van der Waals surface area contributed by atoms with E-state index in [0.717, 1.165) is 24.1 Å². The Morgan fingerprint density at radius 1 is 1.07 bits per heavy atom. The molecule has 1 aromatic heterocycles. The Kier molecular flexibility index (Phi) is 10.2. The fourth-order valence-electron chi connectivity index (χ4n) is 5.61. The molecule has 2 aromatic carbocycles. The number of carboxylic acids is 1. The Labute approximate surface area is 241 Å². The molecule has 3 aromatic rings. The van der Waals surface area contributed by atoms with Gasteiger partial charge in [0.15, 0.2) is 11.5 Å². The third-order valence-corrected chi connectivity index (χ3v) is 7.53. The minimum absolute atomic E-state index is 0.0320. The molecule has 218 valence electrons. The molecule has 3 N–H and O–H groups in total. The molecule has 1 amide bonds. The number of carbonyl (C=O) groups is 2. The van der Waals surface area contributed by atoms with E-state index in [1.54, 1.807) is 13.2 Å². The highest BCUT2D eigenvalue weighted by molar-refractivity contribution is 5.92. The smallest absolute Gasteiger partial charge is 0.337 e. The predicted molar refractivity (Wildman–Crippen MR) is 158 cm³/mol. The number of nitrogens with zero attached hydrogens (tertiary/aromatic N) is 1. The lowest BCUT2D eigenvalue weighted by Crippen LogP contribution is -2.38. The number of benzene rings is 2. The van der Waals surface area contributed by atoms with Crippen molar-refractivity contribution in [2.75, 3.05) is 24.4 Å². The van der Waals surface area contributed by atoms with Crippen molar-refractivity contribution in [3.05, 3.63) is 71.9 Å². The quantitative estimate of drug-likeness (QED) is 0.226. The molecule has 1 aliphatic carbocycles. The van der Waals surface area contributed by atoms with E-state index in [0.29, 0.717) is 41.5 Å². The average molecular weight is 562 g/mol. The van der Waals surface area contributed by atoms with Crippen LogP contribution in [0.25, 0.3) is 0 Å². The molecule has 9 heteroatoms. The number of para-hydroxylation sites is 1. The van der Waals surface area contributed by atoms with Crippen LogP contribution in [0.2, 0.25) is 0 Å². The molecule has 0 saturated heterocycles. The summed E-state index contributed by atoms with van der Waals surface area (Å²) in [4.78, 5) is 28.0. The summed E-state index contributed by atoms with van der Waals surface area (Å²) in [5, 5.41) is 15.4. The van der Waals surface area contributed by atoms with Gasteiger partial charge in [-0.25, -0.2) is 9.78 Å². The normalized spacial score (nSPS) is 18.5. The Morgan fingerprint density at radius 3 is 2.56 bits per heavy atom. The summed E-state index contributed by atoms with van der Waals surface area (Å²) in [5.41, 5.74) is 2.35. The van der Waals surface area contributed by atoms with Crippen molar-refractivity contribution in [1.29, 1.82) is 0 Å². The van der Waals surface area contributed by atoms with Crippen molar-refractivity contribution in [3.8, 4) is 17.4 Å². The van der Waals surface area contributed by atoms with Gasteiger partial charge >= 0.3 is 5.97 Å². The van der Waals surface area contributed by atoms with E-state index in [9.17, 15) is 9.59 Å². The van der Waals surface area contributed by atoms with Gasteiger partial charge in [-0.3, -0.25) is 4.79 Å². The zero-order chi connectivity index (χ0) is 29.4. The predicted octanol–water partition coefficient (Wildman–Crippen LogP) is 6.61. The van der Waals surface area contributed by atoms with E-state index in [-0.39, 0.29) is 30.1 Å². The lowest BCUT2D eigenvalue weighted by Gasteiger charge is -2.38. The summed E-state index contributed by atoms with van der Waals surface area (Å²) in [6.45, 7) is 7.19. The number of nitrogens with one attached hydrogen (secondary N) is 2. The molecule has 3 unspecified atom stereocenters. The van der Waals surface area contributed by atoms with E-state index >= 15 is 0 Å². The molecule has 9 nitrogen and oxygen atoms in total. The topological polar surface area (TPSA) is 119 Å². The molecule has 1 fully saturated rings. The van der Waals surface area contributed by atoms with Crippen LogP contribution in [0, 0.1) is 17.8 Å². The third-order valence-electron chi connectivity index (χ3n) is 7.53. The minimum atomic E-state index is -1.06. The number of amides is 1. The van der Waals surface area contributed by atoms with Crippen molar-refractivity contribution in [2.45, 2.75) is 52.7 Å². The molecule has 3 atom stereocenters. The van der Waals surface area contributed by atoms with Gasteiger partial charge in [-0.15, -0.1) is 0 Å². The Bertz CT molecular complexity index is 1330. The number of methoxy groups -OCH3 is 1. The number of anilines is 2. The minimum Gasteiger partial charge on any atom is -0.493 e. The number of carboxylic acid groups (broad SMARTS) is 1. The number of aromatic nitrogens is 1. The van der Waals surface area contributed by atoms with Gasteiger partial charge in [0.2, 0.25) is 11.8 Å². The fraction of sp³-hybridized carbons (Fsp3) is 0.406. The van der Waals surface area contributed by atoms with Crippen molar-refractivity contribution < 1.29 is 28.9 Å². The van der Waals surface area contributed by atoms with Crippen LogP contribution < -0.4 is 20.1 Å². The summed E-state index contributed by atoms with van der Waals surface area (Å²) >= 11 is 0. The largest absolute Gasteiger partial charge is 0.493 e. The second-order valence-corrected chi connectivity index (χ2v) is 10.8. The first-order valence-corrected chi connectivity index (χ1v) is 14.0. The molecule has 1 saturated carbocycles. The Morgan fingerprint density at radius 2 is 1.85 bits per heavy atom. The Hall–Kier alpha value is -4.11. The van der Waals surface area contributed by atoms with Crippen molar-refractivity contribution in [1.82, 2.24) is 4.98 Å². The zero-order valence-electron chi connectivity index (χ0n) is 24.1. The van der Waals surface area contributed by atoms with Crippen LogP contribution in [0.4, 0.5) is 11.4 Å². The first-order chi connectivity index (χ1) is 19.7. The van der Waals surface area contributed by atoms with Gasteiger partial charge in [0, 0.05) is 35.7 Å². The standard InChI is InChI=1S/C32H39N3O6/c1-20(2)30-21(3)8-5-12-26(30)40-19-28(36)35-25-11-7-10-24(16-25)33-17-22-9-6-13-27(39-4)31(22)41-29-15-14-23(18-34-29)32(37)38/h6-7,9-11,13-16,18,20-21,26,30,33H,5,8,12,17,19H2,1-4H3,(H,35,36)(H,37,38). The molecule has 0 aliphatic heterocycles. The highest BCUT2D eigenvalue weighted by Gasteiger charge is 2.33. The number of aromatic carboxylic acids is 1. The van der Waals surface area contributed by atoms with E-state index in [1.807, 2.05) is 36.4 Å². The Balaban J connectivity index is 1.37. The van der Waals surface area contributed by atoms with E-state index < -0.39 is 5.97 Å². The summed E-state index contributed by atoms with van der Waals surface area (Å²) in [6, 6.07) is 16.0. The van der Waals surface area contributed by atoms with Crippen molar-refractivity contribution >= 4 is 23.3 Å². The van der Waals surface area contributed by atoms with Gasteiger partial charge in [-0.2, -0.15) is 0 Å². The fourth-order valence-corrected chi connectivity index (χ4v) is 5.61. The molecule has 1 aliphatic rings. The maximum absolute atomic E-state index is 12.7. The van der Waals surface area contributed by atoms with Gasteiger partial charge in [0.05, 0.1) is 18.8 Å². The summed E-state index contributed by atoms with van der Waals surface area (Å²) in [5.74, 6) is 1.58. The van der Waals surface area contributed by atoms with Crippen LogP contribution in [-0.2, 0) is 16.1 Å². The van der Waals surface area contributed by atoms with E-state index in [2.05, 4.69) is 36.4 Å². The number of ether oxygens (including phenoxy) is 3. The number of carbonyl (C=O) groups excluding carboxylic acids is 1. The van der Waals surface area contributed by atoms with Crippen LogP contribution >= 0.6 is 0 Å². The van der Waals surface area contributed by atoms with Crippen molar-refractivity contribution in [3.63, 3.8) is 0 Å². The SMILES string of the molecule is COc1cccc(CNc2cccc(NC(=O)COC3CCCC(C)C3C(C)C)c2)c1Oc1ccc(C(=O)O)cn1. The third kappa shape index (κ3) is 7.98. The second kappa shape index (κ2) is 14.0. The van der Waals surface area contributed by atoms with Crippen LogP contribution in [-0.4, -0.2) is 41.8 Å². The summed E-state index contributed by atoms with van der Waals surface area (Å²) < 4.78 is 17.6. The number of hydrogen-bond acceptors (Lipinski definition) is 7. The van der Waals surface area contributed by atoms with Gasteiger partial charge < -0.3 is 30.0 Å². The van der Waals surface area contributed by atoms with Gasteiger partial charge in [-0.05, 0) is 54.5 Å². The highest BCUT2D eigenvalue weighted by Crippen LogP contribution is 2.37. The van der Waals surface area contributed by atoms with Gasteiger partial charge in [0.25, 0.3) is 0 Å². The maximum atomic E-state index is 12.7. The molecular formula is C32H39N3O6. The first kappa shape index (κ1) is 29.9. The lowest BCUT2D eigenvalue weighted by molar-refractivity contribution is -0.126. The molecular weight excluding hydrogens is 522 g/mol. The van der Waals surface area contributed by atoms with Crippen LogP contribution in [0.3, 0.4) is 0 Å². The molecule has 41 heavy (non-hydrogen) atoms. The average Bonchev–Trinajstić information content (AvgIpc) is 2.95. The highest BCUT2D eigenvalue weighted by atomic mass is 16.5. The molecule has 4 rings (SSSR count). The maximum Gasteiger partial charge on any atom is 0.337 e. The molecule has 0 bridgehead atoms. The number of pyridine rings is 1. The van der Waals surface area contributed by atoms with Gasteiger partial charge in [0.1, 0.15) is 6.61 Å². The molecule has 0 spiro atoms. The van der Waals surface area contributed by atoms with Gasteiger partial charge in [-0.1, -0.05) is 51.8 Å². The number of rotatable bonds is 12. The van der Waals surface area contributed by atoms with E-state index in [1.165, 1.54) is 24.8 Å². The zero-order valence-corrected chi connectivity index (χ0v) is 24.1. The van der Waals surface area contributed by atoms with E-state index in [4.69, 9.17) is 19.3 Å². The van der Waals surface area contributed by atoms with Crippen LogP contribution in [0.15, 0.2) is 60.8 Å². The van der Waals surface area contributed by atoms with Crippen LogP contribution in [0.1, 0.15) is 56.0 Å². The van der Waals surface area contributed by atoms with Crippen molar-refractivity contribution in [2.24, 2.45) is 17.8 Å². The summed E-state index contributed by atoms with van der Waals surface area (Å²) in [7, 11) is 1.55. The molecule has 1 heterocycles. The second-order valence-electron chi connectivity index (χ2n) is 10.8. The summed E-state index contributed by atoms with van der Waals surface area (Å²) in [6.07, 6.45) is 4.71. The monoisotopic (exact) mass is 561 g/mol. The first-order valence-electron chi connectivity index (χ1n) is 14.0. The van der Waals surface area contributed by atoms with Crippen LogP contribution in [0.5, 0.6) is 17.4 Å². The molecule has 0 radical (unpaired) electrons.